The lowest BCUT2D eigenvalue weighted by Gasteiger charge is -2.18. The molecule has 0 aliphatic rings. The van der Waals surface area contributed by atoms with Crippen molar-refractivity contribution in [3.05, 3.63) is 17.3 Å². The van der Waals surface area contributed by atoms with Gasteiger partial charge < -0.3 is 10.0 Å². The summed E-state index contributed by atoms with van der Waals surface area (Å²) in [5.74, 6) is 0.647. The standard InChI is InChI=1S/C8H12ClN3O/c1-2-5-12(6-13)8-4-3-7(9)10-11-8/h3-4,13H,2,5-6H2,1H3. The molecule has 0 aromatic carbocycles. The Labute approximate surface area is 82.2 Å². The molecule has 0 radical (unpaired) electrons. The lowest BCUT2D eigenvalue weighted by Crippen LogP contribution is -2.26. The van der Waals surface area contributed by atoms with Gasteiger partial charge in [-0.3, -0.25) is 0 Å². The van der Waals surface area contributed by atoms with Crippen LogP contribution in [0.25, 0.3) is 0 Å². The van der Waals surface area contributed by atoms with Crippen molar-refractivity contribution in [3.8, 4) is 0 Å². The Kier molecular flexibility index (Phi) is 3.92. The third-order valence-corrected chi connectivity index (χ3v) is 1.81. The van der Waals surface area contributed by atoms with E-state index < -0.39 is 0 Å². The van der Waals surface area contributed by atoms with E-state index in [1.165, 1.54) is 0 Å². The minimum atomic E-state index is -0.0514. The molecule has 0 fully saturated rings. The first-order valence-electron chi connectivity index (χ1n) is 4.13. The normalized spacial score (nSPS) is 10.1. The van der Waals surface area contributed by atoms with Crippen molar-refractivity contribution >= 4 is 17.4 Å². The van der Waals surface area contributed by atoms with Gasteiger partial charge in [0.25, 0.3) is 0 Å². The fourth-order valence-electron chi connectivity index (χ4n) is 1.01. The van der Waals surface area contributed by atoms with Crippen LogP contribution in [0.15, 0.2) is 12.1 Å². The lowest BCUT2D eigenvalue weighted by molar-refractivity contribution is 0.289. The number of nitrogens with zero attached hydrogens (tertiary/aromatic N) is 3. The number of aliphatic hydroxyl groups is 1. The highest BCUT2D eigenvalue weighted by molar-refractivity contribution is 6.29. The molecule has 4 nitrogen and oxygen atoms in total. The first-order chi connectivity index (χ1) is 6.27. The molecule has 0 aliphatic carbocycles. The fourth-order valence-corrected chi connectivity index (χ4v) is 1.11. The van der Waals surface area contributed by atoms with Gasteiger partial charge in [0.2, 0.25) is 0 Å². The van der Waals surface area contributed by atoms with Crippen LogP contribution in [0.2, 0.25) is 5.15 Å². The molecule has 0 spiro atoms. The van der Waals surface area contributed by atoms with Crippen molar-refractivity contribution in [1.82, 2.24) is 10.2 Å². The van der Waals surface area contributed by atoms with E-state index >= 15 is 0 Å². The van der Waals surface area contributed by atoms with Gasteiger partial charge in [0.15, 0.2) is 11.0 Å². The van der Waals surface area contributed by atoms with Crippen LogP contribution in [-0.2, 0) is 0 Å². The van der Waals surface area contributed by atoms with Crippen molar-refractivity contribution in [2.24, 2.45) is 0 Å². The van der Waals surface area contributed by atoms with E-state index in [1.54, 1.807) is 17.0 Å². The van der Waals surface area contributed by atoms with Crippen LogP contribution in [0.1, 0.15) is 13.3 Å². The van der Waals surface area contributed by atoms with Gasteiger partial charge >= 0.3 is 0 Å². The van der Waals surface area contributed by atoms with Gasteiger partial charge in [-0.05, 0) is 18.6 Å². The molecule has 1 aromatic heterocycles. The molecule has 1 heterocycles. The van der Waals surface area contributed by atoms with Crippen molar-refractivity contribution in [3.63, 3.8) is 0 Å². The molecule has 0 saturated carbocycles. The number of halogens is 1. The largest absolute Gasteiger partial charge is 0.376 e. The van der Waals surface area contributed by atoms with E-state index in [1.807, 2.05) is 6.92 Å². The Balaban J connectivity index is 2.73. The maximum atomic E-state index is 9.01. The summed E-state index contributed by atoms with van der Waals surface area (Å²) in [7, 11) is 0. The minimum absolute atomic E-state index is 0.0514. The Morgan fingerprint density at radius 3 is 2.69 bits per heavy atom. The van der Waals surface area contributed by atoms with Crippen LogP contribution >= 0.6 is 11.6 Å². The molecule has 0 saturated heterocycles. The highest BCUT2D eigenvalue weighted by atomic mass is 35.5. The number of rotatable bonds is 4. The molecule has 0 unspecified atom stereocenters. The molecule has 5 heteroatoms. The topological polar surface area (TPSA) is 49.2 Å². The summed E-state index contributed by atoms with van der Waals surface area (Å²) < 4.78 is 0. The summed E-state index contributed by atoms with van der Waals surface area (Å²) >= 11 is 5.58. The van der Waals surface area contributed by atoms with Crippen molar-refractivity contribution < 1.29 is 5.11 Å². The zero-order valence-electron chi connectivity index (χ0n) is 7.44. The van der Waals surface area contributed by atoms with Crippen LogP contribution in [-0.4, -0.2) is 28.6 Å². The molecular formula is C8H12ClN3O. The Bertz CT molecular complexity index is 252. The number of aromatic nitrogens is 2. The zero-order valence-corrected chi connectivity index (χ0v) is 8.20. The van der Waals surface area contributed by atoms with Gasteiger partial charge in [0, 0.05) is 6.54 Å². The summed E-state index contributed by atoms with van der Waals surface area (Å²) in [5.41, 5.74) is 0. The van der Waals surface area contributed by atoms with Crippen molar-refractivity contribution in [2.75, 3.05) is 18.2 Å². The molecule has 1 rings (SSSR count). The smallest absolute Gasteiger partial charge is 0.153 e. The van der Waals surface area contributed by atoms with Crippen molar-refractivity contribution in [2.45, 2.75) is 13.3 Å². The minimum Gasteiger partial charge on any atom is -0.376 e. The molecular weight excluding hydrogens is 190 g/mol. The second-order valence-electron chi connectivity index (χ2n) is 2.62. The van der Waals surface area contributed by atoms with E-state index in [4.69, 9.17) is 16.7 Å². The summed E-state index contributed by atoms with van der Waals surface area (Å²) in [6.07, 6.45) is 0.949. The van der Waals surface area contributed by atoms with Gasteiger partial charge in [-0.1, -0.05) is 18.5 Å². The first-order valence-corrected chi connectivity index (χ1v) is 4.50. The van der Waals surface area contributed by atoms with E-state index in [-0.39, 0.29) is 6.73 Å². The molecule has 0 bridgehead atoms. The third kappa shape index (κ3) is 2.82. The number of anilines is 1. The van der Waals surface area contributed by atoms with E-state index in [9.17, 15) is 0 Å². The summed E-state index contributed by atoms with van der Waals surface area (Å²) in [6.45, 7) is 2.74. The van der Waals surface area contributed by atoms with Crippen LogP contribution in [0, 0.1) is 0 Å². The number of aliphatic hydroxyl groups excluding tert-OH is 1. The summed E-state index contributed by atoms with van der Waals surface area (Å²) in [6, 6.07) is 3.39. The predicted octanol–water partition coefficient (Wildman–Crippen LogP) is 1.30. The second kappa shape index (κ2) is 4.99. The van der Waals surface area contributed by atoms with Crippen LogP contribution in [0.4, 0.5) is 5.82 Å². The average molecular weight is 202 g/mol. The molecule has 1 aromatic rings. The predicted molar refractivity (Wildman–Crippen MR) is 51.8 cm³/mol. The maximum absolute atomic E-state index is 9.01. The Hall–Kier alpha value is -0.870. The number of hydrogen-bond acceptors (Lipinski definition) is 4. The quantitative estimate of drug-likeness (QED) is 0.746. The zero-order chi connectivity index (χ0) is 9.68. The van der Waals surface area contributed by atoms with E-state index in [0.29, 0.717) is 11.0 Å². The number of hydrogen-bond donors (Lipinski definition) is 1. The van der Waals surface area contributed by atoms with Gasteiger partial charge in [-0.2, -0.15) is 0 Å². The Morgan fingerprint density at radius 1 is 1.46 bits per heavy atom. The van der Waals surface area contributed by atoms with Gasteiger partial charge in [0.05, 0.1) is 0 Å². The molecule has 0 aliphatic heterocycles. The third-order valence-electron chi connectivity index (χ3n) is 1.61. The Morgan fingerprint density at radius 2 is 2.23 bits per heavy atom. The summed E-state index contributed by atoms with van der Waals surface area (Å²) in [4.78, 5) is 1.73. The van der Waals surface area contributed by atoms with Crippen molar-refractivity contribution in [1.29, 1.82) is 0 Å². The highest BCUT2D eigenvalue weighted by Gasteiger charge is 2.04. The maximum Gasteiger partial charge on any atom is 0.153 e. The molecule has 72 valence electrons. The SMILES string of the molecule is CCCN(CO)c1ccc(Cl)nn1. The van der Waals surface area contributed by atoms with Gasteiger partial charge in [-0.25, -0.2) is 0 Å². The molecule has 13 heavy (non-hydrogen) atoms. The highest BCUT2D eigenvalue weighted by Crippen LogP contribution is 2.11. The second-order valence-corrected chi connectivity index (χ2v) is 3.01. The van der Waals surface area contributed by atoms with E-state index in [2.05, 4.69) is 10.2 Å². The van der Waals surface area contributed by atoms with Crippen LogP contribution in [0.5, 0.6) is 0 Å². The average Bonchev–Trinajstić information content (AvgIpc) is 2.16. The molecule has 0 amide bonds. The van der Waals surface area contributed by atoms with Gasteiger partial charge in [0.1, 0.15) is 6.73 Å². The van der Waals surface area contributed by atoms with Gasteiger partial charge in [-0.15, -0.1) is 10.2 Å². The van der Waals surface area contributed by atoms with Crippen LogP contribution in [0.3, 0.4) is 0 Å². The van der Waals surface area contributed by atoms with E-state index in [0.717, 1.165) is 13.0 Å². The molecule has 0 atom stereocenters. The van der Waals surface area contributed by atoms with Crippen LogP contribution < -0.4 is 4.90 Å². The molecule has 1 N–H and O–H groups in total. The summed E-state index contributed by atoms with van der Waals surface area (Å²) in [5, 5.41) is 16.9. The monoisotopic (exact) mass is 201 g/mol. The lowest BCUT2D eigenvalue weighted by atomic mass is 10.4. The first kappa shape index (κ1) is 10.2. The fraction of sp³-hybridized carbons (Fsp3) is 0.500.